The molecule has 7 heteroatoms. The first kappa shape index (κ1) is 16.6. The molecule has 2 aromatic heterocycles. The van der Waals surface area contributed by atoms with E-state index in [-0.39, 0.29) is 23.9 Å². The molecule has 0 unspecified atom stereocenters. The van der Waals surface area contributed by atoms with Crippen molar-refractivity contribution in [1.29, 1.82) is 0 Å². The Kier molecular flexibility index (Phi) is 4.22. The summed E-state index contributed by atoms with van der Waals surface area (Å²) in [5, 5.41) is 3.77. The molecule has 0 fully saturated rings. The normalized spacial score (nSPS) is 10.8. The summed E-state index contributed by atoms with van der Waals surface area (Å²) in [5.74, 6) is -0.861. The lowest BCUT2D eigenvalue weighted by Crippen LogP contribution is -2.22. The summed E-state index contributed by atoms with van der Waals surface area (Å²) >= 11 is 0. The molecule has 0 saturated carbocycles. The Morgan fingerprint density at radius 2 is 1.88 bits per heavy atom. The van der Waals surface area contributed by atoms with Gasteiger partial charge in [-0.05, 0) is 26.3 Å². The smallest absolute Gasteiger partial charge is 0.355 e. The third-order valence-electron chi connectivity index (χ3n) is 4.09. The Bertz CT molecular complexity index is 1010. The van der Waals surface area contributed by atoms with Crippen molar-refractivity contribution >= 4 is 11.6 Å². The number of aryl methyl sites for hydroxylation is 1. The predicted octanol–water partition coefficient (Wildman–Crippen LogP) is 2.53. The molecule has 3 aromatic rings. The summed E-state index contributed by atoms with van der Waals surface area (Å²) in [5.41, 5.74) is 2.71. The van der Waals surface area contributed by atoms with Gasteiger partial charge in [-0.15, -0.1) is 0 Å². The van der Waals surface area contributed by atoms with Crippen LogP contribution in [0.1, 0.15) is 39.0 Å². The number of hydrogen-bond donors (Lipinski definition) is 1. The molecule has 128 valence electrons. The predicted molar refractivity (Wildman–Crippen MR) is 90.8 cm³/mol. The van der Waals surface area contributed by atoms with Gasteiger partial charge in [-0.3, -0.25) is 14.1 Å². The lowest BCUT2D eigenvalue weighted by atomic mass is 10.1. The third kappa shape index (κ3) is 2.96. The van der Waals surface area contributed by atoms with E-state index in [0.717, 1.165) is 0 Å². The van der Waals surface area contributed by atoms with E-state index >= 15 is 0 Å². The maximum Gasteiger partial charge on any atom is 0.442 e. The van der Waals surface area contributed by atoms with Gasteiger partial charge >= 0.3 is 5.76 Å². The molecule has 7 nitrogen and oxygen atoms in total. The molecule has 0 atom stereocenters. The minimum Gasteiger partial charge on any atom is -0.355 e. The Labute approximate surface area is 143 Å². The molecule has 0 amide bonds. The molecule has 0 radical (unpaired) electrons. The van der Waals surface area contributed by atoms with Gasteiger partial charge in [0.25, 0.3) is 0 Å². The highest BCUT2D eigenvalue weighted by atomic mass is 16.5. The van der Waals surface area contributed by atoms with Gasteiger partial charge in [-0.2, -0.15) is 0 Å². The topological polar surface area (TPSA) is 98.0 Å². The molecule has 0 bridgehead atoms. The number of H-pyrrole nitrogens is 1. The number of aromatic nitrogens is 3. The maximum absolute atomic E-state index is 12.7. The van der Waals surface area contributed by atoms with Crippen LogP contribution in [0.3, 0.4) is 0 Å². The highest BCUT2D eigenvalue weighted by molar-refractivity contribution is 6.03. The molecule has 0 aliphatic carbocycles. The summed E-state index contributed by atoms with van der Waals surface area (Å²) in [6.07, 6.45) is 0. The number of aromatic amines is 1. The van der Waals surface area contributed by atoms with Crippen LogP contribution in [-0.2, 0) is 6.54 Å². The van der Waals surface area contributed by atoms with Crippen LogP contribution in [0.4, 0.5) is 0 Å². The fraction of sp³-hybridized carbons (Fsp3) is 0.222. The lowest BCUT2D eigenvalue weighted by molar-refractivity contribution is 0.0964. The number of carbonyl (C=O) groups is 2. The molecule has 2 heterocycles. The number of nitrogens with one attached hydrogen (secondary N) is 1. The first-order valence-corrected chi connectivity index (χ1v) is 7.75. The molecular formula is C18H17N3O4. The van der Waals surface area contributed by atoms with Crippen LogP contribution in [0.2, 0.25) is 0 Å². The molecule has 25 heavy (non-hydrogen) atoms. The van der Waals surface area contributed by atoms with Crippen LogP contribution in [0.5, 0.6) is 0 Å². The minimum absolute atomic E-state index is 0.114. The van der Waals surface area contributed by atoms with Gasteiger partial charge in [0, 0.05) is 16.8 Å². The monoisotopic (exact) mass is 339 g/mol. The Balaban J connectivity index is 1.98. The zero-order valence-electron chi connectivity index (χ0n) is 14.1. The van der Waals surface area contributed by atoms with Crippen molar-refractivity contribution in [1.82, 2.24) is 14.7 Å². The molecule has 0 aliphatic rings. The number of rotatable bonds is 5. The van der Waals surface area contributed by atoms with Crippen LogP contribution in [0.15, 0.2) is 39.6 Å². The van der Waals surface area contributed by atoms with Gasteiger partial charge in [0.05, 0.1) is 12.2 Å². The van der Waals surface area contributed by atoms with Crippen molar-refractivity contribution in [3.8, 4) is 11.4 Å². The van der Waals surface area contributed by atoms with Crippen molar-refractivity contribution < 1.29 is 14.1 Å². The van der Waals surface area contributed by atoms with Gasteiger partial charge in [-0.1, -0.05) is 35.5 Å². The van der Waals surface area contributed by atoms with Crippen molar-refractivity contribution in [3.05, 3.63) is 63.4 Å². The van der Waals surface area contributed by atoms with E-state index in [1.807, 2.05) is 6.07 Å². The van der Waals surface area contributed by atoms with E-state index in [4.69, 9.17) is 4.52 Å². The highest BCUT2D eigenvalue weighted by Gasteiger charge is 2.22. The quantitative estimate of drug-likeness (QED) is 0.720. The fourth-order valence-corrected chi connectivity index (χ4v) is 2.98. The van der Waals surface area contributed by atoms with Gasteiger partial charge < -0.3 is 4.98 Å². The second-order valence-electron chi connectivity index (χ2n) is 5.83. The first-order valence-electron chi connectivity index (χ1n) is 7.75. The van der Waals surface area contributed by atoms with Gasteiger partial charge in [0.2, 0.25) is 0 Å². The molecule has 1 N–H and O–H groups in total. The van der Waals surface area contributed by atoms with Crippen LogP contribution < -0.4 is 5.76 Å². The average molecular weight is 339 g/mol. The van der Waals surface area contributed by atoms with Crippen LogP contribution in [0.25, 0.3) is 11.4 Å². The molecule has 0 saturated heterocycles. The maximum atomic E-state index is 12.7. The minimum atomic E-state index is -0.708. The second kappa shape index (κ2) is 6.35. The Morgan fingerprint density at radius 1 is 1.20 bits per heavy atom. The summed E-state index contributed by atoms with van der Waals surface area (Å²) in [4.78, 5) is 39.3. The first-order chi connectivity index (χ1) is 11.9. The van der Waals surface area contributed by atoms with E-state index in [0.29, 0.717) is 28.1 Å². The van der Waals surface area contributed by atoms with Crippen LogP contribution in [-0.4, -0.2) is 26.3 Å². The van der Waals surface area contributed by atoms with Crippen molar-refractivity contribution in [3.63, 3.8) is 0 Å². The average Bonchev–Trinajstić information content (AvgIpc) is 3.08. The van der Waals surface area contributed by atoms with E-state index in [2.05, 4.69) is 10.1 Å². The summed E-state index contributed by atoms with van der Waals surface area (Å²) in [6.45, 7) is 4.67. The van der Waals surface area contributed by atoms with E-state index in [1.54, 1.807) is 38.1 Å². The van der Waals surface area contributed by atoms with Crippen molar-refractivity contribution in [2.75, 3.05) is 0 Å². The summed E-state index contributed by atoms with van der Waals surface area (Å²) in [6, 6.07) is 8.99. The fourth-order valence-electron chi connectivity index (χ4n) is 2.98. The number of ketones is 2. The number of hydrogen-bond acceptors (Lipinski definition) is 5. The molecule has 3 rings (SSSR count). The lowest BCUT2D eigenvalue weighted by Gasteiger charge is -2.04. The summed E-state index contributed by atoms with van der Waals surface area (Å²) < 4.78 is 5.91. The zero-order valence-corrected chi connectivity index (χ0v) is 14.1. The number of carbonyl (C=O) groups excluding carboxylic acids is 2. The van der Waals surface area contributed by atoms with E-state index in [1.165, 1.54) is 11.5 Å². The largest absolute Gasteiger partial charge is 0.442 e. The van der Waals surface area contributed by atoms with Crippen LogP contribution in [0, 0.1) is 13.8 Å². The van der Waals surface area contributed by atoms with Gasteiger partial charge in [0.15, 0.2) is 17.4 Å². The Hall–Kier alpha value is -3.22. The van der Waals surface area contributed by atoms with Crippen molar-refractivity contribution in [2.45, 2.75) is 27.3 Å². The molecule has 0 spiro atoms. The SMILES string of the molecule is CC(=O)c1c(C)[nH]c(C(=O)Cn2c(-c3ccccc3)noc2=O)c1C. The standard InChI is InChI=1S/C18H17N3O4/c1-10-15(12(3)22)11(2)19-16(10)14(23)9-21-17(20-25-18(21)24)13-7-5-4-6-8-13/h4-8,19H,9H2,1-3H3. The van der Waals surface area contributed by atoms with Gasteiger partial charge in [0.1, 0.15) is 0 Å². The number of benzene rings is 1. The molecule has 1 aromatic carbocycles. The van der Waals surface area contributed by atoms with Crippen molar-refractivity contribution in [2.24, 2.45) is 0 Å². The van der Waals surface area contributed by atoms with Gasteiger partial charge in [-0.25, -0.2) is 9.36 Å². The zero-order chi connectivity index (χ0) is 18.1. The third-order valence-corrected chi connectivity index (χ3v) is 4.09. The van der Waals surface area contributed by atoms with E-state index < -0.39 is 5.76 Å². The van der Waals surface area contributed by atoms with Crippen LogP contribution >= 0.6 is 0 Å². The molecule has 0 aliphatic heterocycles. The second-order valence-corrected chi connectivity index (χ2v) is 5.83. The highest BCUT2D eigenvalue weighted by Crippen LogP contribution is 2.20. The molecular weight excluding hydrogens is 322 g/mol. The Morgan fingerprint density at radius 3 is 2.48 bits per heavy atom. The summed E-state index contributed by atoms with van der Waals surface area (Å²) in [7, 11) is 0. The van der Waals surface area contributed by atoms with E-state index in [9.17, 15) is 14.4 Å². The number of nitrogens with zero attached hydrogens (tertiary/aromatic N) is 2. The number of Topliss-reactive ketones (excluding diaryl/α,β-unsaturated/α-hetero) is 2.